The first-order valence-electron chi connectivity index (χ1n) is 9.36. The fourth-order valence-corrected chi connectivity index (χ4v) is 2.81. The molecule has 29 heavy (non-hydrogen) atoms. The third-order valence-corrected chi connectivity index (χ3v) is 4.45. The maximum absolute atomic E-state index is 12.4. The van der Waals surface area contributed by atoms with Gasteiger partial charge in [-0.2, -0.15) is 0 Å². The SMILES string of the molecule is Cc1ccc(/C=C/C(=O)Oc2ccc(C(=O)Nc3ccc(C)cc3C)cc2)cc1. The molecule has 0 fully saturated rings. The molecule has 0 spiro atoms. The van der Waals surface area contributed by atoms with Crippen LogP contribution in [-0.4, -0.2) is 11.9 Å². The fourth-order valence-electron chi connectivity index (χ4n) is 2.81. The molecule has 1 N–H and O–H groups in total. The maximum Gasteiger partial charge on any atom is 0.336 e. The molecule has 0 saturated heterocycles. The third-order valence-electron chi connectivity index (χ3n) is 4.45. The average Bonchev–Trinajstić information content (AvgIpc) is 2.70. The van der Waals surface area contributed by atoms with Crippen LogP contribution in [0.1, 0.15) is 32.6 Å². The number of nitrogens with one attached hydrogen (secondary N) is 1. The Morgan fingerprint density at radius 3 is 2.14 bits per heavy atom. The summed E-state index contributed by atoms with van der Waals surface area (Å²) in [6.45, 7) is 5.97. The summed E-state index contributed by atoms with van der Waals surface area (Å²) in [6.07, 6.45) is 3.08. The first-order valence-corrected chi connectivity index (χ1v) is 9.36. The van der Waals surface area contributed by atoms with Crippen molar-refractivity contribution in [3.05, 3.63) is 101 Å². The Kier molecular flexibility index (Phi) is 6.25. The first-order chi connectivity index (χ1) is 13.9. The van der Waals surface area contributed by atoms with E-state index in [2.05, 4.69) is 5.32 Å². The number of esters is 1. The molecule has 0 aliphatic carbocycles. The molecule has 0 radical (unpaired) electrons. The van der Waals surface area contributed by atoms with Gasteiger partial charge in [0.05, 0.1) is 0 Å². The molecule has 0 atom stereocenters. The van der Waals surface area contributed by atoms with Crippen molar-refractivity contribution >= 4 is 23.6 Å². The van der Waals surface area contributed by atoms with Crippen LogP contribution in [0.15, 0.2) is 72.8 Å². The molecule has 1 amide bonds. The van der Waals surface area contributed by atoms with E-state index < -0.39 is 5.97 Å². The Balaban J connectivity index is 1.59. The number of rotatable bonds is 5. The number of benzene rings is 3. The molecule has 3 aromatic rings. The molecule has 0 saturated carbocycles. The molecule has 0 aliphatic heterocycles. The highest BCUT2D eigenvalue weighted by Crippen LogP contribution is 2.18. The smallest absolute Gasteiger partial charge is 0.336 e. The van der Waals surface area contributed by atoms with Crippen LogP contribution >= 0.6 is 0 Å². The third kappa shape index (κ3) is 5.66. The quantitative estimate of drug-likeness (QED) is 0.359. The van der Waals surface area contributed by atoms with E-state index in [-0.39, 0.29) is 5.91 Å². The minimum atomic E-state index is -0.474. The minimum absolute atomic E-state index is 0.214. The Morgan fingerprint density at radius 1 is 0.828 bits per heavy atom. The van der Waals surface area contributed by atoms with Gasteiger partial charge in [-0.1, -0.05) is 47.5 Å². The average molecular weight is 385 g/mol. The summed E-state index contributed by atoms with van der Waals surface area (Å²) in [6, 6.07) is 20.2. The van der Waals surface area contributed by atoms with E-state index in [1.807, 2.05) is 63.2 Å². The molecule has 3 rings (SSSR count). The number of anilines is 1. The maximum atomic E-state index is 12.4. The van der Waals surface area contributed by atoms with Crippen molar-refractivity contribution in [2.24, 2.45) is 0 Å². The van der Waals surface area contributed by atoms with Gasteiger partial charge in [-0.05, 0) is 68.3 Å². The Morgan fingerprint density at radius 2 is 1.48 bits per heavy atom. The lowest BCUT2D eigenvalue weighted by Gasteiger charge is -2.09. The number of carbonyl (C=O) groups excluding carboxylic acids is 2. The second-order valence-corrected chi connectivity index (χ2v) is 6.96. The van der Waals surface area contributed by atoms with Gasteiger partial charge in [0.25, 0.3) is 5.91 Å². The number of hydrogen-bond acceptors (Lipinski definition) is 3. The van der Waals surface area contributed by atoms with Crippen molar-refractivity contribution in [2.75, 3.05) is 5.32 Å². The summed E-state index contributed by atoms with van der Waals surface area (Å²) in [7, 11) is 0. The van der Waals surface area contributed by atoms with Crippen molar-refractivity contribution in [3.63, 3.8) is 0 Å². The lowest BCUT2D eigenvalue weighted by molar-refractivity contribution is -0.128. The number of carbonyl (C=O) groups is 2. The summed E-state index contributed by atoms with van der Waals surface area (Å²) < 4.78 is 5.29. The van der Waals surface area contributed by atoms with Crippen molar-refractivity contribution in [1.29, 1.82) is 0 Å². The van der Waals surface area contributed by atoms with Gasteiger partial charge < -0.3 is 10.1 Å². The Hall–Kier alpha value is -3.66. The lowest BCUT2D eigenvalue weighted by Crippen LogP contribution is -2.13. The second kappa shape index (κ2) is 9.02. The summed E-state index contributed by atoms with van der Waals surface area (Å²) in [5.41, 5.74) is 5.49. The van der Waals surface area contributed by atoms with Crippen molar-refractivity contribution < 1.29 is 14.3 Å². The van der Waals surface area contributed by atoms with E-state index in [9.17, 15) is 9.59 Å². The van der Waals surface area contributed by atoms with E-state index in [0.29, 0.717) is 11.3 Å². The van der Waals surface area contributed by atoms with Crippen molar-refractivity contribution in [3.8, 4) is 5.75 Å². The van der Waals surface area contributed by atoms with E-state index in [1.165, 1.54) is 6.08 Å². The van der Waals surface area contributed by atoms with Crippen LogP contribution < -0.4 is 10.1 Å². The summed E-state index contributed by atoms with van der Waals surface area (Å²) in [4.78, 5) is 24.4. The molecule has 4 heteroatoms. The standard InChI is InChI=1S/C25H23NO3/c1-17-4-7-20(8-5-17)9-15-24(27)29-22-12-10-21(11-13-22)25(28)26-23-14-6-18(2)16-19(23)3/h4-16H,1-3H3,(H,26,28)/b15-9+. The zero-order chi connectivity index (χ0) is 20.8. The van der Waals surface area contributed by atoms with Gasteiger partial charge >= 0.3 is 5.97 Å². The molecule has 0 bridgehead atoms. The van der Waals surface area contributed by atoms with Crippen LogP contribution in [0.2, 0.25) is 0 Å². The van der Waals surface area contributed by atoms with Crippen molar-refractivity contribution in [1.82, 2.24) is 0 Å². The molecule has 4 nitrogen and oxygen atoms in total. The Labute approximate surface area is 170 Å². The molecular formula is C25H23NO3. The van der Waals surface area contributed by atoms with Gasteiger partial charge in [-0.3, -0.25) is 4.79 Å². The van der Waals surface area contributed by atoms with E-state index in [0.717, 1.165) is 27.9 Å². The van der Waals surface area contributed by atoms with Gasteiger partial charge in [-0.15, -0.1) is 0 Å². The predicted octanol–water partition coefficient (Wildman–Crippen LogP) is 5.48. The van der Waals surface area contributed by atoms with Gasteiger partial charge in [-0.25, -0.2) is 4.79 Å². The van der Waals surface area contributed by atoms with Crippen LogP contribution in [0.4, 0.5) is 5.69 Å². The molecule has 0 unspecified atom stereocenters. The zero-order valence-electron chi connectivity index (χ0n) is 16.7. The summed E-state index contributed by atoms with van der Waals surface area (Å²) in [5, 5.41) is 2.90. The van der Waals surface area contributed by atoms with Gasteiger partial charge in [0.1, 0.15) is 5.75 Å². The van der Waals surface area contributed by atoms with E-state index in [4.69, 9.17) is 4.74 Å². The first kappa shape index (κ1) is 20.1. The molecule has 0 aliphatic rings. The number of hydrogen-bond donors (Lipinski definition) is 1. The zero-order valence-corrected chi connectivity index (χ0v) is 16.7. The van der Waals surface area contributed by atoms with Crippen LogP contribution in [0.3, 0.4) is 0 Å². The minimum Gasteiger partial charge on any atom is -0.423 e. The largest absolute Gasteiger partial charge is 0.423 e. The summed E-state index contributed by atoms with van der Waals surface area (Å²) >= 11 is 0. The van der Waals surface area contributed by atoms with Crippen LogP contribution in [0.25, 0.3) is 6.08 Å². The fraction of sp³-hybridized carbons (Fsp3) is 0.120. The highest BCUT2D eigenvalue weighted by molar-refractivity contribution is 6.04. The number of aryl methyl sites for hydroxylation is 3. The van der Waals surface area contributed by atoms with Crippen LogP contribution in [0.5, 0.6) is 5.75 Å². The van der Waals surface area contributed by atoms with Crippen LogP contribution in [0, 0.1) is 20.8 Å². The van der Waals surface area contributed by atoms with E-state index >= 15 is 0 Å². The topological polar surface area (TPSA) is 55.4 Å². The molecule has 146 valence electrons. The summed E-state index contributed by atoms with van der Waals surface area (Å²) in [5.74, 6) is -0.307. The van der Waals surface area contributed by atoms with Gasteiger partial charge in [0.15, 0.2) is 0 Å². The van der Waals surface area contributed by atoms with E-state index in [1.54, 1.807) is 30.3 Å². The second-order valence-electron chi connectivity index (χ2n) is 6.96. The monoisotopic (exact) mass is 385 g/mol. The van der Waals surface area contributed by atoms with Crippen LogP contribution in [-0.2, 0) is 4.79 Å². The highest BCUT2D eigenvalue weighted by atomic mass is 16.5. The van der Waals surface area contributed by atoms with Gasteiger partial charge in [0, 0.05) is 17.3 Å². The number of ether oxygens (including phenoxy) is 1. The predicted molar refractivity (Wildman–Crippen MR) is 116 cm³/mol. The molecular weight excluding hydrogens is 362 g/mol. The van der Waals surface area contributed by atoms with Gasteiger partial charge in [0.2, 0.25) is 0 Å². The Bertz CT molecular complexity index is 1050. The molecule has 0 aromatic heterocycles. The molecule has 3 aromatic carbocycles. The lowest BCUT2D eigenvalue weighted by atomic mass is 10.1. The highest BCUT2D eigenvalue weighted by Gasteiger charge is 2.09. The normalized spacial score (nSPS) is 10.7. The molecule has 0 heterocycles. The van der Waals surface area contributed by atoms with Crippen molar-refractivity contribution in [2.45, 2.75) is 20.8 Å². The number of amides is 1.